The van der Waals surface area contributed by atoms with Crippen molar-refractivity contribution in [3.8, 4) is 0 Å². The van der Waals surface area contributed by atoms with Crippen LogP contribution in [0.5, 0.6) is 0 Å². The molecule has 2 amide bonds. The van der Waals surface area contributed by atoms with Crippen LogP contribution < -0.4 is 0 Å². The molecule has 0 saturated heterocycles. The van der Waals surface area contributed by atoms with Crippen LogP contribution in [0.2, 0.25) is 0 Å². The first-order valence-corrected chi connectivity index (χ1v) is 8.01. The van der Waals surface area contributed by atoms with Crippen LogP contribution in [0.25, 0.3) is 5.65 Å². The second-order valence-electron chi connectivity index (χ2n) is 5.53. The molecule has 3 heterocycles. The van der Waals surface area contributed by atoms with Gasteiger partial charge in [0.25, 0.3) is 17.5 Å². The maximum atomic E-state index is 12.5. The van der Waals surface area contributed by atoms with E-state index < -0.39 is 16.7 Å². The van der Waals surface area contributed by atoms with E-state index in [1.807, 2.05) is 12.3 Å². The van der Waals surface area contributed by atoms with Crippen molar-refractivity contribution in [3.05, 3.63) is 74.1 Å². The second-order valence-corrected chi connectivity index (χ2v) is 6.44. The summed E-state index contributed by atoms with van der Waals surface area (Å²) in [4.78, 5) is 40.7. The number of hydrogen-bond acceptors (Lipinski definition) is 5. The Morgan fingerprint density at radius 2 is 1.84 bits per heavy atom. The van der Waals surface area contributed by atoms with Gasteiger partial charge in [-0.05, 0) is 34.1 Å². The summed E-state index contributed by atoms with van der Waals surface area (Å²) in [7, 11) is 0. The maximum absolute atomic E-state index is 12.5. The fourth-order valence-electron chi connectivity index (χ4n) is 2.79. The number of benzene rings is 1. The Hall–Kier alpha value is -3.07. The Morgan fingerprint density at radius 3 is 2.60 bits per heavy atom. The number of rotatable bonds is 3. The molecule has 1 aliphatic heterocycles. The maximum Gasteiger partial charge on any atom is 0.270 e. The molecule has 1 aromatic carbocycles. The molecule has 2 aromatic heterocycles. The first-order chi connectivity index (χ1) is 11.9. The van der Waals surface area contributed by atoms with Gasteiger partial charge in [0.05, 0.1) is 28.3 Å². The molecule has 0 atom stereocenters. The summed E-state index contributed by atoms with van der Waals surface area (Å²) in [6.45, 7) is -0.000552. The van der Waals surface area contributed by atoms with Crippen LogP contribution in [-0.4, -0.2) is 31.0 Å². The van der Waals surface area contributed by atoms with Crippen LogP contribution in [0.4, 0.5) is 5.69 Å². The lowest BCUT2D eigenvalue weighted by atomic mass is 10.1. The topological polar surface area (TPSA) is 97.8 Å². The van der Waals surface area contributed by atoms with E-state index in [1.54, 1.807) is 16.7 Å². The highest BCUT2D eigenvalue weighted by Crippen LogP contribution is 2.28. The number of imidazole rings is 1. The first-order valence-electron chi connectivity index (χ1n) is 7.22. The number of imide groups is 1. The SMILES string of the molecule is O=C1c2ccc([N+](=O)[O-])cc2C(=O)N1Cc1cn2cc(Br)ccc2n1. The minimum absolute atomic E-state index is 0.000552. The lowest BCUT2D eigenvalue weighted by molar-refractivity contribution is -0.384. The van der Waals surface area contributed by atoms with Crippen molar-refractivity contribution in [2.24, 2.45) is 0 Å². The monoisotopic (exact) mass is 400 g/mol. The van der Waals surface area contributed by atoms with Crippen LogP contribution in [0, 0.1) is 10.1 Å². The standard InChI is InChI=1S/C16H9BrN4O4/c17-9-1-4-14-18-10(7-19(14)6-9)8-20-15(22)12-3-2-11(21(24)25)5-13(12)16(20)23/h1-7H,8H2. The van der Waals surface area contributed by atoms with E-state index in [0.29, 0.717) is 11.3 Å². The zero-order valence-electron chi connectivity index (χ0n) is 12.5. The number of nitro benzene ring substituents is 1. The Bertz CT molecular complexity index is 1080. The van der Waals surface area contributed by atoms with E-state index in [2.05, 4.69) is 20.9 Å². The number of pyridine rings is 1. The second kappa shape index (κ2) is 5.49. The zero-order valence-corrected chi connectivity index (χ0v) is 14.1. The van der Waals surface area contributed by atoms with Gasteiger partial charge in [0.1, 0.15) is 5.65 Å². The number of fused-ring (bicyclic) bond motifs is 2. The molecule has 124 valence electrons. The number of hydrogen-bond donors (Lipinski definition) is 0. The van der Waals surface area contributed by atoms with E-state index in [0.717, 1.165) is 15.4 Å². The lowest BCUT2D eigenvalue weighted by Crippen LogP contribution is -2.29. The van der Waals surface area contributed by atoms with Gasteiger partial charge >= 0.3 is 0 Å². The Balaban J connectivity index is 1.67. The molecule has 25 heavy (non-hydrogen) atoms. The molecule has 0 unspecified atom stereocenters. The van der Waals surface area contributed by atoms with Crippen molar-refractivity contribution in [1.29, 1.82) is 0 Å². The van der Waals surface area contributed by atoms with Gasteiger partial charge in [-0.3, -0.25) is 24.6 Å². The van der Waals surface area contributed by atoms with Crippen LogP contribution in [0.3, 0.4) is 0 Å². The van der Waals surface area contributed by atoms with E-state index in [9.17, 15) is 19.7 Å². The number of carbonyl (C=O) groups is 2. The number of non-ortho nitro benzene ring substituents is 1. The van der Waals surface area contributed by atoms with Crippen molar-refractivity contribution in [3.63, 3.8) is 0 Å². The summed E-state index contributed by atoms with van der Waals surface area (Å²) in [5.74, 6) is -1.03. The highest BCUT2D eigenvalue weighted by molar-refractivity contribution is 9.10. The largest absolute Gasteiger partial charge is 0.306 e. The molecular weight excluding hydrogens is 392 g/mol. The third-order valence-corrected chi connectivity index (χ3v) is 4.42. The molecule has 3 aromatic rings. The molecule has 0 spiro atoms. The van der Waals surface area contributed by atoms with E-state index in [1.165, 1.54) is 12.1 Å². The van der Waals surface area contributed by atoms with Crippen molar-refractivity contribution in [2.45, 2.75) is 6.54 Å². The number of nitrogens with zero attached hydrogens (tertiary/aromatic N) is 4. The molecule has 8 nitrogen and oxygen atoms in total. The Kier molecular flexibility index (Phi) is 3.39. The van der Waals surface area contributed by atoms with Crippen molar-refractivity contribution in [2.75, 3.05) is 0 Å². The molecule has 0 aliphatic carbocycles. The first kappa shape index (κ1) is 15.5. The van der Waals surface area contributed by atoms with E-state index in [4.69, 9.17) is 0 Å². The summed E-state index contributed by atoms with van der Waals surface area (Å²) in [6.07, 6.45) is 3.55. The number of nitro groups is 1. The lowest BCUT2D eigenvalue weighted by Gasteiger charge is -2.11. The predicted octanol–water partition coefficient (Wildman–Crippen LogP) is 2.80. The molecule has 0 fully saturated rings. The average molecular weight is 401 g/mol. The van der Waals surface area contributed by atoms with Gasteiger partial charge in [-0.2, -0.15) is 0 Å². The fourth-order valence-corrected chi connectivity index (χ4v) is 3.14. The van der Waals surface area contributed by atoms with E-state index >= 15 is 0 Å². The molecule has 4 rings (SSSR count). The number of amides is 2. The van der Waals surface area contributed by atoms with Crippen LogP contribution >= 0.6 is 15.9 Å². The van der Waals surface area contributed by atoms with Crippen LogP contribution in [0.15, 0.2) is 47.2 Å². The molecule has 1 aliphatic rings. The molecule has 0 saturated carbocycles. The minimum atomic E-state index is -0.597. The van der Waals surface area contributed by atoms with Gasteiger partial charge < -0.3 is 4.40 Å². The predicted molar refractivity (Wildman–Crippen MR) is 90.2 cm³/mol. The van der Waals surface area contributed by atoms with Gasteiger partial charge in [-0.15, -0.1) is 0 Å². The molecule has 0 bridgehead atoms. The number of carbonyl (C=O) groups excluding carboxylic acids is 2. The van der Waals surface area contributed by atoms with Crippen LogP contribution in [-0.2, 0) is 6.54 Å². The Morgan fingerprint density at radius 1 is 1.08 bits per heavy atom. The summed E-state index contributed by atoms with van der Waals surface area (Å²) in [5, 5.41) is 10.9. The van der Waals surface area contributed by atoms with Crippen molar-refractivity contribution >= 4 is 39.1 Å². The van der Waals surface area contributed by atoms with Gasteiger partial charge in [-0.1, -0.05) is 0 Å². The zero-order chi connectivity index (χ0) is 17.7. The van der Waals surface area contributed by atoms with E-state index in [-0.39, 0.29) is 23.4 Å². The quantitative estimate of drug-likeness (QED) is 0.382. The minimum Gasteiger partial charge on any atom is -0.306 e. The average Bonchev–Trinajstić information content (AvgIpc) is 3.08. The summed E-state index contributed by atoms with van der Waals surface area (Å²) < 4.78 is 2.65. The number of halogens is 1. The van der Waals surface area contributed by atoms with Crippen molar-refractivity contribution in [1.82, 2.24) is 14.3 Å². The fraction of sp³-hybridized carbons (Fsp3) is 0.0625. The molecular formula is C16H9BrN4O4. The van der Waals surface area contributed by atoms with Gasteiger partial charge in [0, 0.05) is 29.0 Å². The molecule has 0 radical (unpaired) electrons. The van der Waals surface area contributed by atoms with Gasteiger partial charge in [0.2, 0.25) is 0 Å². The summed E-state index contributed by atoms with van der Waals surface area (Å²) in [6, 6.07) is 7.31. The normalized spacial score (nSPS) is 13.6. The third-order valence-electron chi connectivity index (χ3n) is 3.95. The van der Waals surface area contributed by atoms with Crippen LogP contribution in [0.1, 0.15) is 26.4 Å². The smallest absolute Gasteiger partial charge is 0.270 e. The molecule has 0 N–H and O–H groups in total. The summed E-state index contributed by atoms with van der Waals surface area (Å²) in [5.41, 5.74) is 1.22. The van der Waals surface area contributed by atoms with Gasteiger partial charge in [-0.25, -0.2) is 4.98 Å². The summed E-state index contributed by atoms with van der Waals surface area (Å²) >= 11 is 3.36. The van der Waals surface area contributed by atoms with Gasteiger partial charge in [0.15, 0.2) is 0 Å². The van der Waals surface area contributed by atoms with Crippen molar-refractivity contribution < 1.29 is 14.5 Å². The number of aromatic nitrogens is 2. The molecule has 9 heteroatoms. The third kappa shape index (κ3) is 2.49. The Labute approximate surface area is 149 Å². The highest BCUT2D eigenvalue weighted by Gasteiger charge is 2.37. The highest BCUT2D eigenvalue weighted by atomic mass is 79.9.